The van der Waals surface area contributed by atoms with E-state index in [4.69, 9.17) is 4.74 Å². The third-order valence-electron chi connectivity index (χ3n) is 7.27. The van der Waals surface area contributed by atoms with Crippen molar-refractivity contribution in [2.24, 2.45) is 5.92 Å². The molecule has 184 valence electrons. The SMILES string of the molecule is O=C(NCCO)C1=C[C@@H](N(Cc2ccccc2F)C(=O)C2CCC2)[C@H](O)[C@H]2Oc3ccccc3[C@@H]12. The molecule has 1 saturated carbocycles. The Balaban J connectivity index is 1.56. The first kappa shape index (κ1) is 23.5. The average molecular weight is 481 g/mol. The number of hydrogen-bond donors (Lipinski definition) is 3. The summed E-state index contributed by atoms with van der Waals surface area (Å²) in [6.07, 6.45) is 2.16. The third-order valence-corrected chi connectivity index (χ3v) is 7.27. The normalized spacial score (nSPS) is 24.9. The molecule has 3 N–H and O–H groups in total. The quantitative estimate of drug-likeness (QED) is 0.565. The van der Waals surface area contributed by atoms with Gasteiger partial charge in [0, 0.05) is 35.7 Å². The topological polar surface area (TPSA) is 99.1 Å². The van der Waals surface area contributed by atoms with Crippen LogP contribution in [-0.4, -0.2) is 58.3 Å². The molecule has 8 heteroatoms. The number of halogens is 1. The van der Waals surface area contributed by atoms with Gasteiger partial charge in [-0.1, -0.05) is 42.8 Å². The van der Waals surface area contributed by atoms with Gasteiger partial charge in [0.15, 0.2) is 0 Å². The molecule has 2 aromatic carbocycles. The van der Waals surface area contributed by atoms with E-state index in [1.807, 2.05) is 18.2 Å². The van der Waals surface area contributed by atoms with Gasteiger partial charge in [-0.25, -0.2) is 4.39 Å². The summed E-state index contributed by atoms with van der Waals surface area (Å²) in [5.41, 5.74) is 1.49. The Hall–Kier alpha value is -3.23. The van der Waals surface area contributed by atoms with Crippen LogP contribution in [0.4, 0.5) is 4.39 Å². The lowest BCUT2D eigenvalue weighted by Gasteiger charge is -2.42. The van der Waals surface area contributed by atoms with Gasteiger partial charge < -0.3 is 25.2 Å². The van der Waals surface area contributed by atoms with Gasteiger partial charge in [-0.05, 0) is 31.1 Å². The number of ether oxygens (including phenoxy) is 1. The second-order valence-corrected chi connectivity index (χ2v) is 9.37. The molecular formula is C27H29FN2O5. The van der Waals surface area contributed by atoms with Crippen molar-refractivity contribution in [1.82, 2.24) is 10.2 Å². The number of carbonyl (C=O) groups is 2. The van der Waals surface area contributed by atoms with Gasteiger partial charge in [0.05, 0.1) is 18.6 Å². The van der Waals surface area contributed by atoms with Crippen molar-refractivity contribution in [3.63, 3.8) is 0 Å². The first-order chi connectivity index (χ1) is 17.0. The van der Waals surface area contributed by atoms with Crippen LogP contribution in [0.5, 0.6) is 5.75 Å². The number of aliphatic hydroxyl groups is 2. The van der Waals surface area contributed by atoms with Crippen molar-refractivity contribution in [2.45, 2.75) is 50.0 Å². The summed E-state index contributed by atoms with van der Waals surface area (Å²) in [6.45, 7) is -0.175. The summed E-state index contributed by atoms with van der Waals surface area (Å²) >= 11 is 0. The Morgan fingerprint density at radius 2 is 1.86 bits per heavy atom. The van der Waals surface area contributed by atoms with E-state index in [-0.39, 0.29) is 31.5 Å². The number of para-hydroxylation sites is 1. The molecule has 0 saturated heterocycles. The monoisotopic (exact) mass is 480 g/mol. The van der Waals surface area contributed by atoms with Crippen molar-refractivity contribution in [1.29, 1.82) is 0 Å². The van der Waals surface area contributed by atoms with Gasteiger partial charge in [-0.2, -0.15) is 0 Å². The molecule has 0 unspecified atom stereocenters. The number of rotatable bonds is 7. The van der Waals surface area contributed by atoms with Crippen LogP contribution >= 0.6 is 0 Å². The van der Waals surface area contributed by atoms with Gasteiger partial charge in [0.25, 0.3) is 0 Å². The van der Waals surface area contributed by atoms with E-state index in [2.05, 4.69) is 5.32 Å². The molecule has 2 aromatic rings. The van der Waals surface area contributed by atoms with Crippen LogP contribution < -0.4 is 10.1 Å². The number of nitrogens with one attached hydrogen (secondary N) is 1. The van der Waals surface area contributed by atoms with Gasteiger partial charge in [0.2, 0.25) is 11.8 Å². The lowest BCUT2D eigenvalue weighted by Crippen LogP contribution is -2.56. The van der Waals surface area contributed by atoms with Gasteiger partial charge in [-0.3, -0.25) is 9.59 Å². The molecule has 1 fully saturated rings. The minimum absolute atomic E-state index is 0.0316. The zero-order valence-electron chi connectivity index (χ0n) is 19.3. The number of carbonyl (C=O) groups excluding carboxylic acids is 2. The van der Waals surface area contributed by atoms with Crippen molar-refractivity contribution < 1.29 is 28.9 Å². The Morgan fingerprint density at radius 1 is 1.11 bits per heavy atom. The van der Waals surface area contributed by atoms with Crippen molar-refractivity contribution in [3.05, 3.63) is 77.1 Å². The Bertz CT molecular complexity index is 1150. The van der Waals surface area contributed by atoms with Crippen molar-refractivity contribution in [3.8, 4) is 5.75 Å². The molecule has 0 spiro atoms. The number of benzene rings is 2. The van der Waals surface area contributed by atoms with Crippen LogP contribution in [0.1, 0.15) is 36.3 Å². The zero-order chi connectivity index (χ0) is 24.5. The molecule has 35 heavy (non-hydrogen) atoms. The molecule has 0 bridgehead atoms. The Labute approximate surface area is 203 Å². The molecule has 5 rings (SSSR count). The predicted molar refractivity (Wildman–Crippen MR) is 126 cm³/mol. The Kier molecular flexibility index (Phi) is 6.58. The second kappa shape index (κ2) is 9.79. The zero-order valence-corrected chi connectivity index (χ0v) is 19.3. The smallest absolute Gasteiger partial charge is 0.247 e. The summed E-state index contributed by atoms with van der Waals surface area (Å²) in [6, 6.07) is 12.7. The fourth-order valence-corrected chi connectivity index (χ4v) is 5.22. The number of aliphatic hydroxyl groups excluding tert-OH is 2. The highest BCUT2D eigenvalue weighted by atomic mass is 19.1. The Morgan fingerprint density at radius 3 is 2.57 bits per heavy atom. The highest BCUT2D eigenvalue weighted by molar-refractivity contribution is 5.96. The molecular weight excluding hydrogens is 451 g/mol. The summed E-state index contributed by atoms with van der Waals surface area (Å²) in [5.74, 6) is -1.12. The molecule has 3 aliphatic rings. The lowest BCUT2D eigenvalue weighted by atomic mass is 9.76. The maximum absolute atomic E-state index is 14.6. The fourth-order valence-electron chi connectivity index (χ4n) is 5.22. The predicted octanol–water partition coefficient (Wildman–Crippen LogP) is 2.28. The van der Waals surface area contributed by atoms with Crippen LogP contribution in [0, 0.1) is 11.7 Å². The van der Waals surface area contributed by atoms with E-state index < -0.39 is 35.9 Å². The highest BCUT2D eigenvalue weighted by Crippen LogP contribution is 2.47. The summed E-state index contributed by atoms with van der Waals surface area (Å²) in [7, 11) is 0. The minimum atomic E-state index is -1.13. The van der Waals surface area contributed by atoms with Crippen LogP contribution in [0.25, 0.3) is 0 Å². The van der Waals surface area contributed by atoms with Crippen LogP contribution in [0.2, 0.25) is 0 Å². The van der Waals surface area contributed by atoms with Crippen molar-refractivity contribution in [2.75, 3.05) is 13.2 Å². The van der Waals surface area contributed by atoms with E-state index in [1.54, 1.807) is 30.3 Å². The van der Waals surface area contributed by atoms with Gasteiger partial charge in [-0.15, -0.1) is 0 Å². The van der Waals surface area contributed by atoms with Crippen LogP contribution in [0.3, 0.4) is 0 Å². The summed E-state index contributed by atoms with van der Waals surface area (Å²) in [5, 5.41) is 23.4. The maximum atomic E-state index is 14.6. The van der Waals surface area contributed by atoms with Crippen LogP contribution in [-0.2, 0) is 16.1 Å². The molecule has 1 aliphatic heterocycles. The first-order valence-corrected chi connectivity index (χ1v) is 12.1. The summed E-state index contributed by atoms with van der Waals surface area (Å²) < 4.78 is 20.7. The molecule has 7 nitrogen and oxygen atoms in total. The third kappa shape index (κ3) is 4.32. The average Bonchev–Trinajstić information content (AvgIpc) is 3.22. The first-order valence-electron chi connectivity index (χ1n) is 12.1. The molecule has 2 aliphatic carbocycles. The second-order valence-electron chi connectivity index (χ2n) is 9.37. The summed E-state index contributed by atoms with van der Waals surface area (Å²) in [4.78, 5) is 28.2. The van der Waals surface area contributed by atoms with Crippen molar-refractivity contribution >= 4 is 11.8 Å². The van der Waals surface area contributed by atoms with E-state index in [0.717, 1.165) is 24.8 Å². The minimum Gasteiger partial charge on any atom is -0.486 e. The molecule has 1 heterocycles. The van der Waals surface area contributed by atoms with Gasteiger partial charge >= 0.3 is 0 Å². The standard InChI is InChI=1S/C27H29FN2O5/c28-20-10-3-1-6-17(20)15-30(27(34)16-7-5-8-16)21-14-19(26(33)29-12-13-31)23-18-9-2-4-11-22(18)35-25(23)24(21)32/h1-4,6,9-11,14,16,21,23-25,31-32H,5,7-8,12-13,15H2,(H,29,33)/t21-,23+,24+,25+/m1/s1. The number of amides is 2. The molecule has 0 aromatic heterocycles. The molecule has 4 atom stereocenters. The maximum Gasteiger partial charge on any atom is 0.247 e. The molecule has 0 radical (unpaired) electrons. The number of nitrogens with zero attached hydrogens (tertiary/aromatic N) is 1. The largest absolute Gasteiger partial charge is 0.486 e. The van der Waals surface area contributed by atoms with Crippen LogP contribution in [0.15, 0.2) is 60.2 Å². The van der Waals surface area contributed by atoms with E-state index >= 15 is 0 Å². The lowest BCUT2D eigenvalue weighted by molar-refractivity contribution is -0.145. The van der Waals surface area contributed by atoms with E-state index in [9.17, 15) is 24.2 Å². The van der Waals surface area contributed by atoms with E-state index in [1.165, 1.54) is 11.0 Å². The van der Waals surface area contributed by atoms with Gasteiger partial charge in [0.1, 0.15) is 23.8 Å². The number of hydrogen-bond acceptors (Lipinski definition) is 5. The number of fused-ring (bicyclic) bond motifs is 3. The fraction of sp³-hybridized carbons (Fsp3) is 0.407. The highest BCUT2D eigenvalue weighted by Gasteiger charge is 2.51. The van der Waals surface area contributed by atoms with E-state index in [0.29, 0.717) is 16.9 Å². The molecule has 2 amide bonds.